The zero-order valence-corrected chi connectivity index (χ0v) is 13.4. The van der Waals surface area contributed by atoms with E-state index in [1.54, 1.807) is 37.3 Å². The molecule has 0 radical (unpaired) electrons. The molecule has 1 aromatic carbocycles. The van der Waals surface area contributed by atoms with E-state index in [-0.39, 0.29) is 30.2 Å². The van der Waals surface area contributed by atoms with Crippen molar-refractivity contribution < 1.29 is 19.1 Å². The molecule has 6 heteroatoms. The van der Waals surface area contributed by atoms with E-state index in [0.29, 0.717) is 23.7 Å². The Hall–Kier alpha value is -2.24. The number of anilines is 1. The summed E-state index contributed by atoms with van der Waals surface area (Å²) >= 11 is 0. The van der Waals surface area contributed by atoms with Gasteiger partial charge in [-0.3, -0.25) is 9.59 Å². The Morgan fingerprint density at radius 3 is 2.55 bits per heavy atom. The molecule has 120 valence electrons. The normalized spacial score (nSPS) is 17.8. The molecule has 22 heavy (non-hydrogen) atoms. The van der Waals surface area contributed by atoms with Crippen molar-refractivity contribution in [2.24, 2.45) is 5.92 Å². The number of hydrogen-bond acceptors (Lipinski definition) is 4. The SMILES string of the molecule is COc1ccc(N2C[C@H](C(=O)NC(C)C)CC2=O)cc1OC. The fraction of sp³-hybridized carbons (Fsp3) is 0.500. The molecular weight excluding hydrogens is 284 g/mol. The first-order valence-corrected chi connectivity index (χ1v) is 7.29. The van der Waals surface area contributed by atoms with Gasteiger partial charge in [0.1, 0.15) is 0 Å². The van der Waals surface area contributed by atoms with Gasteiger partial charge in [-0.05, 0) is 26.0 Å². The maximum atomic E-state index is 12.2. The summed E-state index contributed by atoms with van der Waals surface area (Å²) < 4.78 is 10.4. The Balaban J connectivity index is 2.16. The van der Waals surface area contributed by atoms with Crippen molar-refractivity contribution in [2.45, 2.75) is 26.3 Å². The van der Waals surface area contributed by atoms with E-state index in [9.17, 15) is 9.59 Å². The molecule has 0 spiro atoms. The van der Waals surface area contributed by atoms with Gasteiger partial charge in [-0.1, -0.05) is 0 Å². The van der Waals surface area contributed by atoms with Crippen LogP contribution in [0.4, 0.5) is 5.69 Å². The van der Waals surface area contributed by atoms with Gasteiger partial charge in [-0.15, -0.1) is 0 Å². The van der Waals surface area contributed by atoms with Gasteiger partial charge in [-0.25, -0.2) is 0 Å². The van der Waals surface area contributed by atoms with E-state index in [1.807, 2.05) is 13.8 Å². The van der Waals surface area contributed by atoms with Crippen molar-refractivity contribution >= 4 is 17.5 Å². The van der Waals surface area contributed by atoms with Crippen LogP contribution in [0.25, 0.3) is 0 Å². The van der Waals surface area contributed by atoms with Crippen LogP contribution in [-0.2, 0) is 9.59 Å². The average molecular weight is 306 g/mol. The second-order valence-electron chi connectivity index (χ2n) is 5.61. The number of nitrogens with one attached hydrogen (secondary N) is 1. The van der Waals surface area contributed by atoms with Crippen LogP contribution in [0, 0.1) is 5.92 Å². The summed E-state index contributed by atoms with van der Waals surface area (Å²) in [7, 11) is 3.11. The quantitative estimate of drug-likeness (QED) is 0.897. The number of methoxy groups -OCH3 is 2. The van der Waals surface area contributed by atoms with E-state index >= 15 is 0 Å². The van der Waals surface area contributed by atoms with E-state index in [0.717, 1.165) is 0 Å². The highest BCUT2D eigenvalue weighted by Gasteiger charge is 2.35. The van der Waals surface area contributed by atoms with Crippen LogP contribution < -0.4 is 19.7 Å². The Morgan fingerprint density at radius 1 is 1.27 bits per heavy atom. The van der Waals surface area contributed by atoms with E-state index in [1.165, 1.54) is 0 Å². The molecule has 0 aliphatic carbocycles. The van der Waals surface area contributed by atoms with Gasteiger partial charge < -0.3 is 19.7 Å². The number of ether oxygens (including phenoxy) is 2. The summed E-state index contributed by atoms with van der Waals surface area (Å²) in [4.78, 5) is 25.9. The number of amides is 2. The molecule has 1 aliphatic rings. The minimum atomic E-state index is -0.317. The summed E-state index contributed by atoms with van der Waals surface area (Å²) in [6, 6.07) is 5.36. The molecule has 1 fully saturated rings. The highest BCUT2D eigenvalue weighted by Crippen LogP contribution is 2.34. The summed E-state index contributed by atoms with van der Waals surface area (Å²) in [6.07, 6.45) is 0.229. The second-order valence-corrected chi connectivity index (χ2v) is 5.61. The fourth-order valence-electron chi connectivity index (χ4n) is 2.53. The third-order valence-electron chi connectivity index (χ3n) is 3.61. The molecule has 0 unspecified atom stereocenters. The molecule has 1 atom stereocenters. The van der Waals surface area contributed by atoms with Gasteiger partial charge in [0.15, 0.2) is 11.5 Å². The maximum Gasteiger partial charge on any atom is 0.227 e. The highest BCUT2D eigenvalue weighted by molar-refractivity contribution is 6.00. The number of benzene rings is 1. The zero-order valence-electron chi connectivity index (χ0n) is 13.4. The van der Waals surface area contributed by atoms with E-state index in [2.05, 4.69) is 5.32 Å². The Labute approximate surface area is 130 Å². The molecular formula is C16H22N2O4. The Bertz CT molecular complexity index is 571. The Kier molecular flexibility index (Phi) is 4.90. The molecule has 1 heterocycles. The van der Waals surface area contributed by atoms with E-state index < -0.39 is 0 Å². The average Bonchev–Trinajstić information content (AvgIpc) is 2.88. The smallest absolute Gasteiger partial charge is 0.227 e. The lowest BCUT2D eigenvalue weighted by atomic mass is 10.1. The lowest BCUT2D eigenvalue weighted by Crippen LogP contribution is -2.36. The van der Waals surface area contributed by atoms with Crippen LogP contribution >= 0.6 is 0 Å². The van der Waals surface area contributed by atoms with Crippen molar-refractivity contribution in [3.8, 4) is 11.5 Å². The Morgan fingerprint density at radius 2 is 1.95 bits per heavy atom. The summed E-state index contributed by atoms with van der Waals surface area (Å²) in [6.45, 7) is 4.19. The third-order valence-corrected chi connectivity index (χ3v) is 3.61. The van der Waals surface area contributed by atoms with Crippen molar-refractivity contribution in [3.05, 3.63) is 18.2 Å². The molecule has 0 bridgehead atoms. The van der Waals surface area contributed by atoms with Crippen LogP contribution in [0.1, 0.15) is 20.3 Å². The largest absolute Gasteiger partial charge is 0.493 e. The molecule has 2 rings (SSSR count). The first-order valence-electron chi connectivity index (χ1n) is 7.29. The highest BCUT2D eigenvalue weighted by atomic mass is 16.5. The fourth-order valence-corrected chi connectivity index (χ4v) is 2.53. The van der Waals surface area contributed by atoms with Gasteiger partial charge in [0.2, 0.25) is 11.8 Å². The zero-order chi connectivity index (χ0) is 16.3. The number of carbonyl (C=O) groups is 2. The molecule has 1 aliphatic heterocycles. The van der Waals surface area contributed by atoms with Crippen LogP contribution in [0.5, 0.6) is 11.5 Å². The standard InChI is InChI=1S/C16H22N2O4/c1-10(2)17-16(20)11-7-15(19)18(9-11)12-5-6-13(21-3)14(8-12)22-4/h5-6,8,10-11H,7,9H2,1-4H3,(H,17,20)/t11-/m1/s1. The topological polar surface area (TPSA) is 67.9 Å². The monoisotopic (exact) mass is 306 g/mol. The van der Waals surface area contributed by atoms with Crippen molar-refractivity contribution in [1.82, 2.24) is 5.32 Å². The predicted molar refractivity (Wildman–Crippen MR) is 83.3 cm³/mol. The minimum Gasteiger partial charge on any atom is -0.493 e. The van der Waals surface area contributed by atoms with Crippen LogP contribution in [-0.4, -0.2) is 38.6 Å². The molecule has 1 aromatic rings. The number of carbonyl (C=O) groups excluding carboxylic acids is 2. The van der Waals surface area contributed by atoms with Crippen LogP contribution in [0.15, 0.2) is 18.2 Å². The molecule has 0 aromatic heterocycles. The molecule has 1 saturated heterocycles. The second kappa shape index (κ2) is 6.68. The number of rotatable bonds is 5. The van der Waals surface area contributed by atoms with Gasteiger partial charge >= 0.3 is 0 Å². The molecule has 6 nitrogen and oxygen atoms in total. The molecule has 1 N–H and O–H groups in total. The van der Waals surface area contributed by atoms with E-state index in [4.69, 9.17) is 9.47 Å². The lowest BCUT2D eigenvalue weighted by molar-refractivity contribution is -0.126. The molecule has 2 amide bonds. The summed E-state index contributed by atoms with van der Waals surface area (Å²) in [5.74, 6) is 0.709. The first kappa shape index (κ1) is 16.1. The molecule has 0 saturated carbocycles. The van der Waals surface area contributed by atoms with Gasteiger partial charge in [0.05, 0.1) is 20.1 Å². The number of nitrogens with zero attached hydrogens (tertiary/aromatic N) is 1. The minimum absolute atomic E-state index is 0.0591. The first-order chi connectivity index (χ1) is 10.5. The van der Waals surface area contributed by atoms with Gasteiger partial charge in [-0.2, -0.15) is 0 Å². The van der Waals surface area contributed by atoms with Crippen molar-refractivity contribution in [1.29, 1.82) is 0 Å². The lowest BCUT2D eigenvalue weighted by Gasteiger charge is -2.19. The van der Waals surface area contributed by atoms with Crippen LogP contribution in [0.3, 0.4) is 0 Å². The third kappa shape index (κ3) is 3.32. The number of hydrogen-bond donors (Lipinski definition) is 1. The maximum absolute atomic E-state index is 12.2. The predicted octanol–water partition coefficient (Wildman–Crippen LogP) is 1.58. The van der Waals surface area contributed by atoms with Crippen molar-refractivity contribution in [3.63, 3.8) is 0 Å². The van der Waals surface area contributed by atoms with Crippen LogP contribution in [0.2, 0.25) is 0 Å². The van der Waals surface area contributed by atoms with Gasteiger partial charge in [0, 0.05) is 30.8 Å². The van der Waals surface area contributed by atoms with Gasteiger partial charge in [0.25, 0.3) is 0 Å². The van der Waals surface area contributed by atoms with Crippen molar-refractivity contribution in [2.75, 3.05) is 25.7 Å². The summed E-state index contributed by atoms with van der Waals surface area (Å²) in [5, 5.41) is 2.86. The summed E-state index contributed by atoms with van der Waals surface area (Å²) in [5.41, 5.74) is 0.711.